The van der Waals surface area contributed by atoms with E-state index < -0.39 is 36.0 Å². The van der Waals surface area contributed by atoms with Crippen molar-refractivity contribution in [3.8, 4) is 0 Å². The van der Waals surface area contributed by atoms with E-state index in [1.165, 1.54) is 0 Å². The zero-order valence-corrected chi connectivity index (χ0v) is 13.6. The van der Waals surface area contributed by atoms with Gasteiger partial charge in [0.1, 0.15) is 18.8 Å². The van der Waals surface area contributed by atoms with Gasteiger partial charge in [-0.2, -0.15) is 0 Å². The van der Waals surface area contributed by atoms with Crippen molar-refractivity contribution in [2.24, 2.45) is 11.8 Å². The van der Waals surface area contributed by atoms with Crippen LogP contribution in [0, 0.1) is 11.8 Å². The van der Waals surface area contributed by atoms with Gasteiger partial charge in [-0.15, -0.1) is 0 Å². The second-order valence-corrected chi connectivity index (χ2v) is 6.02. The molecule has 23 heavy (non-hydrogen) atoms. The summed E-state index contributed by atoms with van der Waals surface area (Å²) in [5.41, 5.74) is 0.878. The highest BCUT2D eigenvalue weighted by atomic mass is 16.6. The molecule has 1 saturated heterocycles. The van der Waals surface area contributed by atoms with E-state index in [1.54, 1.807) is 6.92 Å². The average molecular weight is 320 g/mol. The van der Waals surface area contributed by atoms with E-state index in [4.69, 9.17) is 9.47 Å². The van der Waals surface area contributed by atoms with E-state index in [1.807, 2.05) is 37.3 Å². The molecule has 0 aromatic heterocycles. The second-order valence-electron chi connectivity index (χ2n) is 6.02. The minimum absolute atomic E-state index is 0.154. The third kappa shape index (κ3) is 4.32. The summed E-state index contributed by atoms with van der Waals surface area (Å²) >= 11 is 0. The van der Waals surface area contributed by atoms with Crippen LogP contribution < -0.4 is 0 Å². The number of esters is 2. The number of benzene rings is 1. The van der Waals surface area contributed by atoms with Crippen molar-refractivity contribution in [3.05, 3.63) is 35.9 Å². The predicted molar refractivity (Wildman–Crippen MR) is 84.3 cm³/mol. The van der Waals surface area contributed by atoms with E-state index in [2.05, 4.69) is 0 Å². The molecule has 1 fully saturated rings. The van der Waals surface area contributed by atoms with Gasteiger partial charge in [0.25, 0.3) is 0 Å². The fourth-order valence-electron chi connectivity index (χ4n) is 2.81. The van der Waals surface area contributed by atoms with Crippen LogP contribution in [0.2, 0.25) is 0 Å². The first-order valence-corrected chi connectivity index (χ1v) is 8.13. The first-order chi connectivity index (χ1) is 11.0. The van der Waals surface area contributed by atoms with Crippen molar-refractivity contribution in [3.63, 3.8) is 0 Å². The third-order valence-corrected chi connectivity index (χ3v) is 4.27. The van der Waals surface area contributed by atoms with Crippen molar-refractivity contribution in [2.75, 3.05) is 0 Å². The lowest BCUT2D eigenvalue weighted by atomic mass is 9.87. The molecule has 1 aromatic carbocycles. The van der Waals surface area contributed by atoms with Crippen LogP contribution in [0.4, 0.5) is 0 Å². The molecule has 126 valence electrons. The van der Waals surface area contributed by atoms with E-state index in [0.29, 0.717) is 6.42 Å². The molecule has 1 aliphatic heterocycles. The molecule has 4 atom stereocenters. The van der Waals surface area contributed by atoms with E-state index in [-0.39, 0.29) is 6.61 Å². The van der Waals surface area contributed by atoms with E-state index in [0.717, 1.165) is 18.4 Å². The summed E-state index contributed by atoms with van der Waals surface area (Å²) in [5, 5.41) is 10.3. The number of ether oxygens (including phenoxy) is 2. The number of hydrogen-bond acceptors (Lipinski definition) is 5. The molecule has 0 radical (unpaired) electrons. The molecule has 0 saturated carbocycles. The summed E-state index contributed by atoms with van der Waals surface area (Å²) in [6.45, 7) is 3.79. The topological polar surface area (TPSA) is 72.8 Å². The number of cyclic esters (lactones) is 1. The van der Waals surface area contributed by atoms with Crippen LogP contribution in [0.1, 0.15) is 38.7 Å². The molecular weight excluding hydrogens is 296 g/mol. The van der Waals surface area contributed by atoms with Gasteiger partial charge in [0.2, 0.25) is 0 Å². The Labute approximate surface area is 136 Å². The van der Waals surface area contributed by atoms with Crippen LogP contribution in [0.5, 0.6) is 0 Å². The van der Waals surface area contributed by atoms with E-state index in [9.17, 15) is 14.7 Å². The Balaban J connectivity index is 1.92. The summed E-state index contributed by atoms with van der Waals surface area (Å²) in [4.78, 5) is 24.2. The number of carbonyl (C=O) groups excluding carboxylic acids is 2. The average Bonchev–Trinajstić information content (AvgIpc) is 2.84. The Morgan fingerprint density at radius 3 is 2.70 bits per heavy atom. The van der Waals surface area contributed by atoms with Gasteiger partial charge >= 0.3 is 11.9 Å². The molecule has 5 nitrogen and oxygen atoms in total. The number of aliphatic hydroxyl groups is 1. The molecule has 1 aliphatic rings. The molecule has 5 heteroatoms. The highest BCUT2D eigenvalue weighted by molar-refractivity contribution is 5.83. The summed E-state index contributed by atoms with van der Waals surface area (Å²) < 4.78 is 10.5. The normalized spacial score (nSPS) is 25.0. The van der Waals surface area contributed by atoms with Crippen molar-refractivity contribution < 1.29 is 24.2 Å². The molecule has 0 bridgehead atoms. The van der Waals surface area contributed by atoms with Crippen LogP contribution in [-0.4, -0.2) is 29.3 Å². The zero-order valence-electron chi connectivity index (χ0n) is 13.6. The maximum Gasteiger partial charge on any atom is 0.312 e. The first-order valence-electron chi connectivity index (χ1n) is 8.13. The Kier molecular flexibility index (Phi) is 6.16. The van der Waals surface area contributed by atoms with Gasteiger partial charge in [0, 0.05) is 0 Å². The number of unbranched alkanes of at least 4 members (excludes halogenated alkanes) is 1. The Morgan fingerprint density at radius 1 is 1.35 bits per heavy atom. The van der Waals surface area contributed by atoms with E-state index >= 15 is 0 Å². The number of carbonyl (C=O) groups is 2. The fraction of sp³-hybridized carbons (Fsp3) is 0.556. The quantitative estimate of drug-likeness (QED) is 0.781. The SMILES string of the molecule is CCCCC1OC(=O)C(C(C)C(=O)OCc2ccccc2)C1O. The van der Waals surface area contributed by atoms with Gasteiger partial charge in [-0.1, -0.05) is 50.6 Å². The van der Waals surface area contributed by atoms with Crippen molar-refractivity contribution in [1.29, 1.82) is 0 Å². The molecule has 1 heterocycles. The van der Waals surface area contributed by atoms with Crippen LogP contribution >= 0.6 is 0 Å². The maximum absolute atomic E-state index is 12.2. The summed E-state index contributed by atoms with van der Waals surface area (Å²) in [6, 6.07) is 9.33. The standard InChI is InChI=1S/C18H24O5/c1-3-4-10-14-16(19)15(18(21)23-14)12(2)17(20)22-11-13-8-6-5-7-9-13/h5-9,12,14-16,19H,3-4,10-11H2,1-2H3. The molecule has 4 unspecified atom stereocenters. The fourth-order valence-corrected chi connectivity index (χ4v) is 2.81. The van der Waals surface area contributed by atoms with Crippen LogP contribution in [0.15, 0.2) is 30.3 Å². The van der Waals surface area contributed by atoms with Crippen LogP contribution in [0.3, 0.4) is 0 Å². The Bertz CT molecular complexity index is 527. The highest BCUT2D eigenvalue weighted by Crippen LogP contribution is 2.31. The van der Waals surface area contributed by atoms with Crippen LogP contribution in [-0.2, 0) is 25.7 Å². The molecule has 2 rings (SSSR count). The lowest BCUT2D eigenvalue weighted by molar-refractivity contribution is -0.157. The van der Waals surface area contributed by atoms with Gasteiger partial charge in [0.05, 0.1) is 11.8 Å². The molecular formula is C18H24O5. The van der Waals surface area contributed by atoms with Gasteiger partial charge in [0.15, 0.2) is 0 Å². The first kappa shape index (κ1) is 17.5. The Hall–Kier alpha value is -1.88. The number of aliphatic hydroxyl groups excluding tert-OH is 1. The minimum atomic E-state index is -0.951. The van der Waals surface area contributed by atoms with Crippen LogP contribution in [0.25, 0.3) is 0 Å². The minimum Gasteiger partial charge on any atom is -0.461 e. The highest BCUT2D eigenvalue weighted by Gasteiger charge is 2.48. The number of rotatable bonds is 7. The summed E-state index contributed by atoms with van der Waals surface area (Å²) in [7, 11) is 0. The lowest BCUT2D eigenvalue weighted by Crippen LogP contribution is -2.35. The molecule has 1 aromatic rings. The maximum atomic E-state index is 12.2. The third-order valence-electron chi connectivity index (χ3n) is 4.27. The molecule has 0 aliphatic carbocycles. The summed E-state index contributed by atoms with van der Waals surface area (Å²) in [5.74, 6) is -2.58. The molecule has 0 amide bonds. The second kappa shape index (κ2) is 8.11. The monoisotopic (exact) mass is 320 g/mol. The van der Waals surface area contributed by atoms with Gasteiger partial charge in [-0.3, -0.25) is 9.59 Å². The number of hydrogen-bond donors (Lipinski definition) is 1. The van der Waals surface area contributed by atoms with Crippen molar-refractivity contribution in [1.82, 2.24) is 0 Å². The van der Waals surface area contributed by atoms with Crippen molar-refractivity contribution in [2.45, 2.75) is 51.9 Å². The smallest absolute Gasteiger partial charge is 0.312 e. The van der Waals surface area contributed by atoms with Gasteiger partial charge in [-0.25, -0.2) is 0 Å². The van der Waals surface area contributed by atoms with Gasteiger partial charge in [-0.05, 0) is 18.4 Å². The Morgan fingerprint density at radius 2 is 2.04 bits per heavy atom. The zero-order chi connectivity index (χ0) is 16.8. The summed E-state index contributed by atoms with van der Waals surface area (Å²) in [6.07, 6.45) is 0.977. The van der Waals surface area contributed by atoms with Gasteiger partial charge < -0.3 is 14.6 Å². The molecule has 0 spiro atoms. The lowest BCUT2D eigenvalue weighted by Gasteiger charge is -2.19. The van der Waals surface area contributed by atoms with Crippen molar-refractivity contribution >= 4 is 11.9 Å². The predicted octanol–water partition coefficient (Wildman–Crippen LogP) is 2.46. The molecule has 1 N–H and O–H groups in total. The largest absolute Gasteiger partial charge is 0.461 e.